The minimum absolute atomic E-state index is 0.385. The summed E-state index contributed by atoms with van der Waals surface area (Å²) in [5.74, 6) is 0.817. The fourth-order valence-corrected chi connectivity index (χ4v) is 1.77. The molecule has 0 aliphatic rings. The molecule has 1 aromatic carbocycles. The molecule has 0 aliphatic heterocycles. The summed E-state index contributed by atoms with van der Waals surface area (Å²) < 4.78 is 10.1. The molecule has 0 atom stereocenters. The van der Waals surface area contributed by atoms with Crippen LogP contribution >= 0.6 is 0 Å². The lowest BCUT2D eigenvalue weighted by atomic mass is 10.2. The van der Waals surface area contributed by atoms with Crippen molar-refractivity contribution >= 4 is 17.4 Å². The summed E-state index contributed by atoms with van der Waals surface area (Å²) in [5.41, 5.74) is 2.08. The Morgan fingerprint density at radius 2 is 2.22 bits per heavy atom. The molecule has 0 fully saturated rings. The van der Waals surface area contributed by atoms with Crippen molar-refractivity contribution in [2.75, 3.05) is 13.2 Å². The number of fused-ring (bicyclic) bond motifs is 1. The van der Waals surface area contributed by atoms with E-state index in [1.54, 1.807) is 6.08 Å². The van der Waals surface area contributed by atoms with Gasteiger partial charge in [0.2, 0.25) is 0 Å². The number of hydrogen-bond donors (Lipinski definition) is 1. The number of carbonyl (C=O) groups excluding carboxylic acids is 1. The van der Waals surface area contributed by atoms with Gasteiger partial charge in [0, 0.05) is 23.0 Å². The van der Waals surface area contributed by atoms with Gasteiger partial charge in [0.15, 0.2) is 0 Å². The number of ether oxygens (including phenoxy) is 2. The van der Waals surface area contributed by atoms with Gasteiger partial charge >= 0.3 is 0 Å². The zero-order valence-corrected chi connectivity index (χ0v) is 10.0. The molecular formula is C14H15NO3. The average Bonchev–Trinajstić information content (AvgIpc) is 2.78. The van der Waals surface area contributed by atoms with E-state index in [2.05, 4.69) is 16.3 Å². The Bertz CT molecular complexity index is 545. The largest absolute Gasteiger partial charge is 0.490 e. The van der Waals surface area contributed by atoms with E-state index < -0.39 is 0 Å². The van der Waals surface area contributed by atoms with Gasteiger partial charge in [-0.1, -0.05) is 12.7 Å². The number of rotatable bonds is 7. The van der Waals surface area contributed by atoms with Gasteiger partial charge in [-0.05, 0) is 24.3 Å². The van der Waals surface area contributed by atoms with Crippen LogP contribution in [0.15, 0.2) is 36.9 Å². The number of H-pyrrole nitrogens is 1. The summed E-state index contributed by atoms with van der Waals surface area (Å²) >= 11 is 0. The first kappa shape index (κ1) is 12.2. The molecule has 0 spiro atoms. The van der Waals surface area contributed by atoms with E-state index in [0.29, 0.717) is 26.1 Å². The summed E-state index contributed by atoms with van der Waals surface area (Å²) in [4.78, 5) is 13.3. The highest BCUT2D eigenvalue weighted by Gasteiger charge is 2.02. The Hall–Kier alpha value is -2.23. The smallest absolute Gasteiger partial charge is 0.293 e. The maximum atomic E-state index is 10.1. The lowest BCUT2D eigenvalue weighted by molar-refractivity contribution is -0.128. The van der Waals surface area contributed by atoms with Gasteiger partial charge in [-0.2, -0.15) is 0 Å². The second-order valence-electron chi connectivity index (χ2n) is 3.86. The van der Waals surface area contributed by atoms with E-state index in [9.17, 15) is 4.79 Å². The molecule has 1 heterocycles. The van der Waals surface area contributed by atoms with Crippen LogP contribution in [0.3, 0.4) is 0 Å². The lowest BCUT2D eigenvalue weighted by Crippen LogP contribution is -1.96. The summed E-state index contributed by atoms with van der Waals surface area (Å²) in [7, 11) is 0. The highest BCUT2D eigenvalue weighted by Crippen LogP contribution is 2.21. The van der Waals surface area contributed by atoms with Crippen LogP contribution in [0.5, 0.6) is 5.75 Å². The second-order valence-corrected chi connectivity index (χ2v) is 3.86. The molecule has 0 amide bonds. The fourth-order valence-electron chi connectivity index (χ4n) is 1.77. The van der Waals surface area contributed by atoms with Gasteiger partial charge in [0.1, 0.15) is 12.4 Å². The normalized spacial score (nSPS) is 10.2. The topological polar surface area (TPSA) is 51.3 Å². The molecule has 0 aliphatic carbocycles. The molecular weight excluding hydrogens is 230 g/mol. The van der Waals surface area contributed by atoms with Crippen LogP contribution in [0.1, 0.15) is 5.69 Å². The molecule has 2 aromatic rings. The van der Waals surface area contributed by atoms with Crippen molar-refractivity contribution in [2.24, 2.45) is 0 Å². The Labute approximate surface area is 105 Å². The lowest BCUT2D eigenvalue weighted by Gasteiger charge is -2.01. The Kier molecular flexibility index (Phi) is 4.02. The van der Waals surface area contributed by atoms with Crippen molar-refractivity contribution in [1.82, 2.24) is 4.98 Å². The first-order valence-corrected chi connectivity index (χ1v) is 5.74. The predicted molar refractivity (Wildman–Crippen MR) is 69.7 cm³/mol. The quantitative estimate of drug-likeness (QED) is 0.463. The number of carbonyl (C=O) groups is 1. The number of benzene rings is 1. The van der Waals surface area contributed by atoms with Crippen molar-refractivity contribution in [3.05, 3.63) is 42.6 Å². The Morgan fingerprint density at radius 3 is 3.00 bits per heavy atom. The van der Waals surface area contributed by atoms with Gasteiger partial charge < -0.3 is 14.5 Å². The van der Waals surface area contributed by atoms with E-state index in [1.807, 2.05) is 24.3 Å². The number of nitrogens with one attached hydrogen (secondary N) is 1. The van der Waals surface area contributed by atoms with Gasteiger partial charge in [0.25, 0.3) is 6.47 Å². The van der Waals surface area contributed by atoms with E-state index >= 15 is 0 Å². The summed E-state index contributed by atoms with van der Waals surface area (Å²) in [6.07, 6.45) is 2.39. The number of aromatic amines is 1. The third kappa shape index (κ3) is 2.91. The first-order valence-electron chi connectivity index (χ1n) is 5.74. The molecule has 0 saturated heterocycles. The minimum Gasteiger partial charge on any atom is -0.490 e. The van der Waals surface area contributed by atoms with E-state index in [-0.39, 0.29) is 0 Å². The SMILES string of the molecule is C=CCOc1ccc2[nH]c(CCOC=O)cc2c1. The minimum atomic E-state index is 0.385. The molecule has 0 saturated carbocycles. The number of aromatic nitrogens is 1. The van der Waals surface area contributed by atoms with Crippen LogP contribution in [0.25, 0.3) is 10.9 Å². The molecule has 1 aromatic heterocycles. The Balaban J connectivity index is 2.11. The summed E-state index contributed by atoms with van der Waals surface area (Å²) in [6, 6.07) is 7.88. The van der Waals surface area contributed by atoms with Gasteiger partial charge in [-0.3, -0.25) is 4.79 Å². The molecule has 0 unspecified atom stereocenters. The van der Waals surface area contributed by atoms with Crippen LogP contribution in [-0.2, 0) is 16.0 Å². The van der Waals surface area contributed by atoms with E-state index in [1.165, 1.54) is 0 Å². The highest BCUT2D eigenvalue weighted by atomic mass is 16.5. The zero-order chi connectivity index (χ0) is 12.8. The predicted octanol–water partition coefficient (Wildman–Crippen LogP) is 2.45. The maximum Gasteiger partial charge on any atom is 0.293 e. The first-order chi connectivity index (χ1) is 8.83. The second kappa shape index (κ2) is 5.91. The average molecular weight is 245 g/mol. The molecule has 4 nitrogen and oxygen atoms in total. The standard InChI is InChI=1S/C14H15NO3/c1-2-6-18-13-3-4-14-11(9-13)8-12(15-14)5-7-17-10-16/h2-4,8-10,15H,1,5-7H2. The van der Waals surface area contributed by atoms with Crippen molar-refractivity contribution < 1.29 is 14.3 Å². The van der Waals surface area contributed by atoms with Crippen molar-refractivity contribution in [2.45, 2.75) is 6.42 Å². The molecule has 1 N–H and O–H groups in total. The van der Waals surface area contributed by atoms with Gasteiger partial charge in [-0.15, -0.1) is 0 Å². The summed E-state index contributed by atoms with van der Waals surface area (Å²) in [6.45, 7) is 4.95. The maximum absolute atomic E-state index is 10.1. The van der Waals surface area contributed by atoms with E-state index in [4.69, 9.17) is 4.74 Å². The van der Waals surface area contributed by atoms with Gasteiger partial charge in [-0.25, -0.2) is 0 Å². The molecule has 0 bridgehead atoms. The Morgan fingerprint density at radius 1 is 1.33 bits per heavy atom. The van der Waals surface area contributed by atoms with Crippen LogP contribution in [0.4, 0.5) is 0 Å². The highest BCUT2D eigenvalue weighted by molar-refractivity contribution is 5.81. The summed E-state index contributed by atoms with van der Waals surface area (Å²) in [5, 5.41) is 1.08. The third-order valence-electron chi connectivity index (χ3n) is 2.57. The fraction of sp³-hybridized carbons (Fsp3) is 0.214. The molecule has 2 rings (SSSR count). The third-order valence-corrected chi connectivity index (χ3v) is 2.57. The molecule has 94 valence electrons. The number of hydrogen-bond acceptors (Lipinski definition) is 3. The zero-order valence-electron chi connectivity index (χ0n) is 10.0. The molecule has 4 heteroatoms. The van der Waals surface area contributed by atoms with Crippen LogP contribution in [-0.4, -0.2) is 24.7 Å². The monoisotopic (exact) mass is 245 g/mol. The van der Waals surface area contributed by atoms with Crippen LogP contribution in [0, 0.1) is 0 Å². The van der Waals surface area contributed by atoms with Crippen LogP contribution < -0.4 is 4.74 Å². The van der Waals surface area contributed by atoms with E-state index in [0.717, 1.165) is 22.3 Å². The molecule has 18 heavy (non-hydrogen) atoms. The molecule has 0 radical (unpaired) electrons. The van der Waals surface area contributed by atoms with Gasteiger partial charge in [0.05, 0.1) is 6.61 Å². The van der Waals surface area contributed by atoms with Crippen molar-refractivity contribution in [1.29, 1.82) is 0 Å². The van der Waals surface area contributed by atoms with Crippen LogP contribution in [0.2, 0.25) is 0 Å². The van der Waals surface area contributed by atoms with Crippen molar-refractivity contribution in [3.63, 3.8) is 0 Å². The van der Waals surface area contributed by atoms with Crippen molar-refractivity contribution in [3.8, 4) is 5.75 Å².